The van der Waals surface area contributed by atoms with E-state index in [4.69, 9.17) is 5.73 Å². The van der Waals surface area contributed by atoms with Gasteiger partial charge in [0, 0.05) is 24.1 Å². The molecule has 96 valence electrons. The molecule has 0 radical (unpaired) electrons. The van der Waals surface area contributed by atoms with Crippen LogP contribution in [-0.4, -0.2) is 16.9 Å². The SMILES string of the molecule is Cc1cnccc1NC(=O)C1C2CCC(C2)C1N. The molecule has 3 rings (SSSR count). The molecule has 1 heterocycles. The van der Waals surface area contributed by atoms with E-state index in [1.807, 2.05) is 13.0 Å². The van der Waals surface area contributed by atoms with E-state index in [0.717, 1.165) is 24.1 Å². The smallest absolute Gasteiger partial charge is 0.229 e. The number of fused-ring (bicyclic) bond motifs is 2. The van der Waals surface area contributed by atoms with Crippen molar-refractivity contribution in [2.75, 3.05) is 5.32 Å². The Morgan fingerprint density at radius 2 is 2.22 bits per heavy atom. The van der Waals surface area contributed by atoms with Crippen LogP contribution in [0.5, 0.6) is 0 Å². The molecule has 4 unspecified atom stereocenters. The van der Waals surface area contributed by atoms with Crippen molar-refractivity contribution < 1.29 is 4.79 Å². The van der Waals surface area contributed by atoms with Crippen LogP contribution in [0.3, 0.4) is 0 Å². The third kappa shape index (κ3) is 1.81. The average Bonchev–Trinajstić information content (AvgIpc) is 2.92. The number of rotatable bonds is 2. The maximum Gasteiger partial charge on any atom is 0.229 e. The van der Waals surface area contributed by atoms with Crippen LogP contribution in [0.1, 0.15) is 24.8 Å². The van der Waals surface area contributed by atoms with Crippen molar-refractivity contribution in [3.63, 3.8) is 0 Å². The summed E-state index contributed by atoms with van der Waals surface area (Å²) in [6.07, 6.45) is 6.95. The van der Waals surface area contributed by atoms with E-state index in [0.29, 0.717) is 11.8 Å². The zero-order valence-corrected chi connectivity index (χ0v) is 10.6. The lowest BCUT2D eigenvalue weighted by molar-refractivity contribution is -0.121. The number of pyridine rings is 1. The molecule has 1 amide bonds. The molecule has 4 nitrogen and oxygen atoms in total. The lowest BCUT2D eigenvalue weighted by Crippen LogP contribution is -2.42. The molecule has 2 fully saturated rings. The highest BCUT2D eigenvalue weighted by atomic mass is 16.2. The Labute approximate surface area is 107 Å². The van der Waals surface area contributed by atoms with Crippen molar-refractivity contribution in [3.8, 4) is 0 Å². The molecular weight excluding hydrogens is 226 g/mol. The number of hydrogen-bond acceptors (Lipinski definition) is 3. The number of aromatic nitrogens is 1. The second kappa shape index (κ2) is 4.35. The van der Waals surface area contributed by atoms with Crippen LogP contribution in [0, 0.1) is 24.7 Å². The fraction of sp³-hybridized carbons (Fsp3) is 0.571. The van der Waals surface area contributed by atoms with Gasteiger partial charge in [-0.1, -0.05) is 0 Å². The summed E-state index contributed by atoms with van der Waals surface area (Å²) >= 11 is 0. The number of carbonyl (C=O) groups excluding carboxylic acids is 1. The van der Waals surface area contributed by atoms with Gasteiger partial charge in [-0.25, -0.2) is 0 Å². The van der Waals surface area contributed by atoms with E-state index in [9.17, 15) is 4.79 Å². The van der Waals surface area contributed by atoms with Crippen LogP contribution < -0.4 is 11.1 Å². The first-order valence-corrected chi connectivity index (χ1v) is 6.64. The quantitative estimate of drug-likeness (QED) is 0.833. The molecule has 2 bridgehead atoms. The minimum atomic E-state index is -0.00341. The van der Waals surface area contributed by atoms with Crippen LogP contribution in [-0.2, 0) is 4.79 Å². The van der Waals surface area contributed by atoms with Crippen LogP contribution in [0.25, 0.3) is 0 Å². The Morgan fingerprint density at radius 3 is 2.89 bits per heavy atom. The summed E-state index contributed by atoms with van der Waals surface area (Å²) in [6, 6.07) is 1.89. The van der Waals surface area contributed by atoms with E-state index < -0.39 is 0 Å². The van der Waals surface area contributed by atoms with Gasteiger partial charge < -0.3 is 11.1 Å². The highest BCUT2D eigenvalue weighted by Gasteiger charge is 2.49. The Bertz CT molecular complexity index is 472. The van der Waals surface area contributed by atoms with Crippen molar-refractivity contribution in [2.24, 2.45) is 23.5 Å². The number of nitrogens with one attached hydrogen (secondary N) is 1. The molecular formula is C14H19N3O. The van der Waals surface area contributed by atoms with Crippen LogP contribution in [0.4, 0.5) is 5.69 Å². The maximum atomic E-state index is 12.4. The van der Waals surface area contributed by atoms with Gasteiger partial charge in [0.1, 0.15) is 0 Å². The summed E-state index contributed by atoms with van der Waals surface area (Å²) in [6.45, 7) is 1.95. The molecule has 1 aromatic rings. The standard InChI is InChI=1S/C14H19N3O/c1-8-7-16-5-4-11(8)17-14(18)12-9-2-3-10(6-9)13(12)15/h4-5,7,9-10,12-13H,2-3,6,15H2,1H3,(H,16,17,18). The Hall–Kier alpha value is -1.42. The number of aryl methyl sites for hydroxylation is 1. The molecule has 1 aromatic heterocycles. The van der Waals surface area contributed by atoms with Gasteiger partial charge in [0.2, 0.25) is 5.91 Å². The van der Waals surface area contributed by atoms with Gasteiger partial charge in [0.15, 0.2) is 0 Å². The lowest BCUT2D eigenvalue weighted by Gasteiger charge is -2.27. The molecule has 2 saturated carbocycles. The summed E-state index contributed by atoms with van der Waals surface area (Å²) in [5.41, 5.74) is 8.02. The van der Waals surface area contributed by atoms with Gasteiger partial charge in [-0.05, 0) is 49.7 Å². The summed E-state index contributed by atoms with van der Waals surface area (Å²) in [7, 11) is 0. The maximum absolute atomic E-state index is 12.4. The van der Waals surface area contributed by atoms with Crippen LogP contribution >= 0.6 is 0 Å². The number of amides is 1. The summed E-state index contributed by atoms with van der Waals surface area (Å²) < 4.78 is 0. The fourth-order valence-electron chi connectivity index (χ4n) is 3.55. The van der Waals surface area contributed by atoms with Crippen molar-refractivity contribution in [3.05, 3.63) is 24.0 Å². The average molecular weight is 245 g/mol. The zero-order chi connectivity index (χ0) is 12.7. The lowest BCUT2D eigenvalue weighted by atomic mass is 9.84. The van der Waals surface area contributed by atoms with Crippen LogP contribution in [0.15, 0.2) is 18.5 Å². The highest BCUT2D eigenvalue weighted by molar-refractivity contribution is 5.94. The van der Waals surface area contributed by atoms with Crippen molar-refractivity contribution in [1.82, 2.24) is 4.98 Å². The first-order chi connectivity index (χ1) is 8.66. The largest absolute Gasteiger partial charge is 0.327 e. The fourth-order valence-corrected chi connectivity index (χ4v) is 3.55. The Balaban J connectivity index is 1.74. The molecule has 18 heavy (non-hydrogen) atoms. The zero-order valence-electron chi connectivity index (χ0n) is 10.6. The summed E-state index contributed by atoms with van der Waals surface area (Å²) in [5, 5.41) is 3.01. The van der Waals surface area contributed by atoms with Crippen molar-refractivity contribution >= 4 is 11.6 Å². The number of hydrogen-bond donors (Lipinski definition) is 2. The first-order valence-electron chi connectivity index (χ1n) is 6.64. The number of nitrogens with two attached hydrogens (primary N) is 1. The number of carbonyl (C=O) groups is 1. The normalized spacial score (nSPS) is 33.7. The predicted molar refractivity (Wildman–Crippen MR) is 69.9 cm³/mol. The molecule has 0 aromatic carbocycles. The molecule has 4 atom stereocenters. The van der Waals surface area contributed by atoms with E-state index in [-0.39, 0.29) is 17.9 Å². The Morgan fingerprint density at radius 1 is 1.44 bits per heavy atom. The molecule has 2 aliphatic carbocycles. The van der Waals surface area contributed by atoms with Gasteiger partial charge in [-0.3, -0.25) is 9.78 Å². The topological polar surface area (TPSA) is 68.0 Å². The first kappa shape index (κ1) is 11.7. The minimum Gasteiger partial charge on any atom is -0.327 e. The van der Waals surface area contributed by atoms with E-state index in [2.05, 4.69) is 10.3 Å². The predicted octanol–water partition coefficient (Wildman–Crippen LogP) is 1.70. The van der Waals surface area contributed by atoms with Gasteiger partial charge in [-0.2, -0.15) is 0 Å². The summed E-state index contributed by atoms with van der Waals surface area (Å²) in [5.74, 6) is 1.14. The van der Waals surface area contributed by atoms with Gasteiger partial charge in [0.25, 0.3) is 0 Å². The molecule has 4 heteroatoms. The van der Waals surface area contributed by atoms with E-state index >= 15 is 0 Å². The molecule has 0 aliphatic heterocycles. The molecule has 3 N–H and O–H groups in total. The van der Waals surface area contributed by atoms with E-state index in [1.54, 1.807) is 12.4 Å². The Kier molecular flexibility index (Phi) is 2.82. The van der Waals surface area contributed by atoms with E-state index in [1.165, 1.54) is 6.42 Å². The monoisotopic (exact) mass is 245 g/mol. The second-order valence-corrected chi connectivity index (χ2v) is 5.62. The van der Waals surface area contributed by atoms with Gasteiger partial charge in [0.05, 0.1) is 5.92 Å². The molecule has 0 saturated heterocycles. The highest BCUT2D eigenvalue weighted by Crippen LogP contribution is 2.47. The number of nitrogens with zero attached hydrogens (tertiary/aromatic N) is 1. The number of anilines is 1. The molecule has 0 spiro atoms. The van der Waals surface area contributed by atoms with Crippen molar-refractivity contribution in [1.29, 1.82) is 0 Å². The minimum absolute atomic E-state index is 0.00341. The van der Waals surface area contributed by atoms with Gasteiger partial charge >= 0.3 is 0 Å². The van der Waals surface area contributed by atoms with Crippen LogP contribution in [0.2, 0.25) is 0 Å². The molecule has 2 aliphatic rings. The summed E-state index contributed by atoms with van der Waals surface area (Å²) in [4.78, 5) is 16.4. The van der Waals surface area contributed by atoms with Crippen molar-refractivity contribution in [2.45, 2.75) is 32.2 Å². The van der Waals surface area contributed by atoms with Gasteiger partial charge in [-0.15, -0.1) is 0 Å². The third-order valence-corrected chi connectivity index (χ3v) is 4.56. The third-order valence-electron chi connectivity index (χ3n) is 4.56. The second-order valence-electron chi connectivity index (χ2n) is 5.62.